The normalized spacial score (nSPS) is 24.3. The number of aryl methyl sites for hydroxylation is 1. The number of rotatable bonds is 1. The van der Waals surface area contributed by atoms with Crippen LogP contribution in [0.15, 0.2) is 49.1 Å². The van der Waals surface area contributed by atoms with E-state index in [0.29, 0.717) is 0 Å². The second-order valence-corrected chi connectivity index (χ2v) is 6.56. The number of pyridine rings is 1. The van der Waals surface area contributed by atoms with E-state index in [1.165, 1.54) is 16.7 Å². The van der Waals surface area contributed by atoms with Crippen LogP contribution in [0.25, 0.3) is 11.3 Å². The number of hydrogen-bond donors (Lipinski definition) is 1. The average molecular weight is 303 g/mol. The molecule has 4 heteroatoms. The molecule has 2 aromatic heterocycles. The lowest BCUT2D eigenvalue weighted by Crippen LogP contribution is -2.21. The summed E-state index contributed by atoms with van der Waals surface area (Å²) in [6, 6.07) is 10.7. The molecule has 0 bridgehead atoms. The van der Waals surface area contributed by atoms with E-state index >= 15 is 0 Å². The van der Waals surface area contributed by atoms with Gasteiger partial charge in [0.05, 0.1) is 30.4 Å². The summed E-state index contributed by atoms with van der Waals surface area (Å²) in [5.74, 6) is 0.116. The Morgan fingerprint density at radius 3 is 2.96 bits per heavy atom. The lowest BCUT2D eigenvalue weighted by atomic mass is 9.88. The third kappa shape index (κ3) is 1.70. The third-order valence-electron chi connectivity index (χ3n) is 5.27. The first-order chi connectivity index (χ1) is 11.2. The number of aliphatic hydroxyl groups excluding tert-OH is 1. The van der Waals surface area contributed by atoms with Crippen molar-refractivity contribution in [2.75, 3.05) is 0 Å². The second kappa shape index (κ2) is 4.52. The van der Waals surface area contributed by atoms with E-state index in [-0.39, 0.29) is 12.0 Å². The molecule has 0 saturated carbocycles. The van der Waals surface area contributed by atoms with Gasteiger partial charge in [-0.15, -0.1) is 0 Å². The van der Waals surface area contributed by atoms with Crippen LogP contribution >= 0.6 is 0 Å². The summed E-state index contributed by atoms with van der Waals surface area (Å²) >= 11 is 0. The molecule has 3 aromatic rings. The monoisotopic (exact) mass is 303 g/mol. The van der Waals surface area contributed by atoms with Crippen molar-refractivity contribution in [3.63, 3.8) is 0 Å². The van der Waals surface area contributed by atoms with Gasteiger partial charge in [0.25, 0.3) is 0 Å². The van der Waals surface area contributed by atoms with E-state index in [1.54, 1.807) is 0 Å². The van der Waals surface area contributed by atoms with Crippen LogP contribution in [-0.2, 0) is 6.42 Å². The summed E-state index contributed by atoms with van der Waals surface area (Å²) in [7, 11) is 0. The van der Waals surface area contributed by atoms with E-state index in [0.717, 1.165) is 23.4 Å². The van der Waals surface area contributed by atoms with Gasteiger partial charge in [-0.25, -0.2) is 4.98 Å². The molecule has 0 saturated heterocycles. The van der Waals surface area contributed by atoms with Gasteiger partial charge in [-0.1, -0.05) is 24.3 Å². The van der Waals surface area contributed by atoms with Gasteiger partial charge in [0.2, 0.25) is 0 Å². The Labute approximate surface area is 134 Å². The summed E-state index contributed by atoms with van der Waals surface area (Å²) in [6.45, 7) is 2.00. The molecule has 1 N–H and O–H groups in total. The lowest BCUT2D eigenvalue weighted by Gasteiger charge is -2.25. The summed E-state index contributed by atoms with van der Waals surface area (Å²) in [4.78, 5) is 8.68. The molecule has 3 atom stereocenters. The molecule has 4 nitrogen and oxygen atoms in total. The van der Waals surface area contributed by atoms with E-state index < -0.39 is 6.10 Å². The van der Waals surface area contributed by atoms with Crippen molar-refractivity contribution < 1.29 is 5.11 Å². The average Bonchev–Trinajstić information content (AvgIpc) is 3.21. The first-order valence-electron chi connectivity index (χ1n) is 7.98. The van der Waals surface area contributed by atoms with E-state index in [9.17, 15) is 5.11 Å². The van der Waals surface area contributed by atoms with Crippen molar-refractivity contribution >= 4 is 0 Å². The molecule has 0 radical (unpaired) electrons. The van der Waals surface area contributed by atoms with Crippen molar-refractivity contribution in [1.29, 1.82) is 0 Å². The molecule has 0 spiro atoms. The van der Waals surface area contributed by atoms with Gasteiger partial charge >= 0.3 is 0 Å². The molecule has 114 valence electrons. The van der Waals surface area contributed by atoms with Crippen molar-refractivity contribution in [2.24, 2.45) is 5.92 Å². The Kier molecular flexibility index (Phi) is 2.56. The summed E-state index contributed by atoms with van der Waals surface area (Å²) in [5, 5.41) is 10.9. The van der Waals surface area contributed by atoms with Gasteiger partial charge in [-0.05, 0) is 30.5 Å². The van der Waals surface area contributed by atoms with Crippen LogP contribution in [0, 0.1) is 12.8 Å². The van der Waals surface area contributed by atoms with Crippen molar-refractivity contribution in [2.45, 2.75) is 25.5 Å². The Hall–Kier alpha value is -2.46. The zero-order chi connectivity index (χ0) is 15.6. The van der Waals surface area contributed by atoms with Crippen LogP contribution < -0.4 is 0 Å². The van der Waals surface area contributed by atoms with E-state index in [1.807, 2.05) is 25.6 Å². The largest absolute Gasteiger partial charge is 0.388 e. The number of aliphatic hydroxyl groups is 1. The number of nitrogens with zero attached hydrogens (tertiary/aromatic N) is 3. The SMILES string of the molecule is Cc1cc2c(cn1)C(O)[C@H]([C@@H]1c3ccccc3-c3cncn31)C2. The summed E-state index contributed by atoms with van der Waals surface area (Å²) in [5.41, 5.74) is 6.86. The fourth-order valence-corrected chi connectivity index (χ4v) is 4.26. The minimum Gasteiger partial charge on any atom is -0.388 e. The van der Waals surface area contributed by atoms with Crippen LogP contribution in [0.2, 0.25) is 0 Å². The Bertz CT molecular complexity index is 914. The van der Waals surface area contributed by atoms with Gasteiger partial charge < -0.3 is 9.67 Å². The Balaban J connectivity index is 1.64. The van der Waals surface area contributed by atoms with Crippen LogP contribution in [-0.4, -0.2) is 19.6 Å². The van der Waals surface area contributed by atoms with Crippen molar-refractivity contribution in [3.8, 4) is 11.3 Å². The van der Waals surface area contributed by atoms with Crippen LogP contribution in [0.1, 0.15) is 34.5 Å². The fraction of sp³-hybridized carbons (Fsp3) is 0.263. The maximum Gasteiger partial charge on any atom is 0.0956 e. The molecule has 1 unspecified atom stereocenters. The zero-order valence-electron chi connectivity index (χ0n) is 12.8. The van der Waals surface area contributed by atoms with Crippen molar-refractivity contribution in [3.05, 3.63) is 71.4 Å². The molecule has 1 aliphatic heterocycles. The number of hydrogen-bond acceptors (Lipinski definition) is 3. The van der Waals surface area contributed by atoms with Crippen LogP contribution in [0.4, 0.5) is 0 Å². The lowest BCUT2D eigenvalue weighted by molar-refractivity contribution is 0.101. The predicted octanol–water partition coefficient (Wildman–Crippen LogP) is 3.06. The smallest absolute Gasteiger partial charge is 0.0956 e. The standard InChI is InChI=1S/C19H17N3O/c1-11-6-12-7-15(19(23)16(12)8-21-11)18-14-5-3-2-4-13(14)17-9-20-10-22(17)18/h2-6,8-10,15,18-19,23H,7H2,1H3/t15-,18-,19?/m0/s1. The first kappa shape index (κ1) is 13.0. The number of benzene rings is 1. The molecule has 1 aliphatic carbocycles. The van der Waals surface area contributed by atoms with Crippen LogP contribution in [0.3, 0.4) is 0 Å². The molecule has 1 aromatic carbocycles. The molecule has 3 heterocycles. The van der Waals surface area contributed by atoms with Gasteiger partial charge in [-0.3, -0.25) is 4.98 Å². The number of aromatic nitrogens is 3. The van der Waals surface area contributed by atoms with Gasteiger partial charge in [0, 0.05) is 28.9 Å². The summed E-state index contributed by atoms with van der Waals surface area (Å²) < 4.78 is 2.21. The summed E-state index contributed by atoms with van der Waals surface area (Å²) in [6.07, 6.45) is 6.03. The molecule has 2 aliphatic rings. The highest BCUT2D eigenvalue weighted by molar-refractivity contribution is 5.69. The zero-order valence-corrected chi connectivity index (χ0v) is 12.8. The van der Waals surface area contributed by atoms with Gasteiger partial charge in [0.15, 0.2) is 0 Å². The minimum absolute atomic E-state index is 0.116. The Morgan fingerprint density at radius 2 is 2.04 bits per heavy atom. The Morgan fingerprint density at radius 1 is 1.17 bits per heavy atom. The predicted molar refractivity (Wildman–Crippen MR) is 86.9 cm³/mol. The topological polar surface area (TPSA) is 50.9 Å². The highest BCUT2D eigenvalue weighted by Gasteiger charge is 2.42. The highest BCUT2D eigenvalue weighted by Crippen LogP contribution is 2.50. The van der Waals surface area contributed by atoms with Gasteiger partial charge in [-0.2, -0.15) is 0 Å². The maximum atomic E-state index is 10.9. The van der Waals surface area contributed by atoms with Gasteiger partial charge in [0.1, 0.15) is 0 Å². The second-order valence-electron chi connectivity index (χ2n) is 6.56. The maximum absolute atomic E-state index is 10.9. The molecule has 5 rings (SSSR count). The fourth-order valence-electron chi connectivity index (χ4n) is 4.26. The number of fused-ring (bicyclic) bond motifs is 4. The first-order valence-corrected chi connectivity index (χ1v) is 7.98. The van der Waals surface area contributed by atoms with E-state index in [4.69, 9.17) is 0 Å². The third-order valence-corrected chi connectivity index (χ3v) is 5.27. The molecular formula is C19H17N3O. The molecule has 23 heavy (non-hydrogen) atoms. The van der Waals surface area contributed by atoms with Crippen molar-refractivity contribution in [1.82, 2.24) is 14.5 Å². The minimum atomic E-state index is -0.482. The van der Waals surface area contributed by atoms with Crippen LogP contribution in [0.5, 0.6) is 0 Å². The quantitative estimate of drug-likeness (QED) is 0.751. The molecule has 0 amide bonds. The van der Waals surface area contributed by atoms with E-state index in [2.05, 4.69) is 44.9 Å². The highest BCUT2D eigenvalue weighted by atomic mass is 16.3. The number of imidazole rings is 1. The molecule has 0 fully saturated rings. The molecular weight excluding hydrogens is 286 g/mol.